The zero-order valence-corrected chi connectivity index (χ0v) is 10.5. The van der Waals surface area contributed by atoms with Crippen LogP contribution in [-0.4, -0.2) is 30.6 Å². The van der Waals surface area contributed by atoms with Gasteiger partial charge < -0.3 is 5.32 Å². The van der Waals surface area contributed by atoms with Crippen LogP contribution in [0.1, 0.15) is 24.8 Å². The summed E-state index contributed by atoms with van der Waals surface area (Å²) in [6.07, 6.45) is 3.76. The second-order valence-corrected chi connectivity index (χ2v) is 4.46. The standard InChI is InChI=1S/C15H18N2O/c18-15(10-9-14-7-3-1-4-8-14)16-13-17-11-5-2-6-12-17/h1,3-4,7-8H,2,5-6,11-13H2,(H,16,18). The normalized spacial score (nSPS) is 15.6. The Labute approximate surface area is 108 Å². The van der Waals surface area contributed by atoms with Crippen molar-refractivity contribution < 1.29 is 4.79 Å². The van der Waals surface area contributed by atoms with Crippen LogP contribution in [0.3, 0.4) is 0 Å². The quantitative estimate of drug-likeness (QED) is 0.799. The maximum atomic E-state index is 11.5. The van der Waals surface area contributed by atoms with Crippen molar-refractivity contribution in [3.8, 4) is 11.8 Å². The van der Waals surface area contributed by atoms with Crippen molar-refractivity contribution in [2.45, 2.75) is 19.3 Å². The number of carbonyl (C=O) groups is 1. The Morgan fingerprint density at radius 2 is 1.89 bits per heavy atom. The molecule has 1 aromatic rings. The van der Waals surface area contributed by atoms with Crippen LogP contribution in [0, 0.1) is 11.8 Å². The number of carbonyl (C=O) groups excluding carboxylic acids is 1. The first kappa shape index (κ1) is 12.7. The van der Waals surface area contributed by atoms with E-state index < -0.39 is 0 Å². The third-order valence-corrected chi connectivity index (χ3v) is 3.01. The molecule has 1 fully saturated rings. The van der Waals surface area contributed by atoms with E-state index in [0.717, 1.165) is 18.7 Å². The molecule has 1 N–H and O–H groups in total. The molecule has 0 saturated carbocycles. The van der Waals surface area contributed by atoms with Gasteiger partial charge in [-0.05, 0) is 38.1 Å². The molecule has 0 aromatic heterocycles. The lowest BCUT2D eigenvalue weighted by Crippen LogP contribution is -2.39. The van der Waals surface area contributed by atoms with E-state index in [9.17, 15) is 4.79 Å². The number of likely N-dealkylation sites (tertiary alicyclic amines) is 1. The number of hydrogen-bond acceptors (Lipinski definition) is 2. The summed E-state index contributed by atoms with van der Waals surface area (Å²) in [5.74, 6) is 5.26. The predicted molar refractivity (Wildman–Crippen MR) is 71.8 cm³/mol. The summed E-state index contributed by atoms with van der Waals surface area (Å²) in [6, 6.07) is 9.54. The van der Waals surface area contributed by atoms with Crippen molar-refractivity contribution in [1.82, 2.24) is 10.2 Å². The number of nitrogens with zero attached hydrogens (tertiary/aromatic N) is 1. The van der Waals surface area contributed by atoms with E-state index in [4.69, 9.17) is 0 Å². The van der Waals surface area contributed by atoms with Gasteiger partial charge in [-0.15, -0.1) is 0 Å². The third-order valence-electron chi connectivity index (χ3n) is 3.01. The fourth-order valence-corrected chi connectivity index (χ4v) is 2.00. The minimum absolute atomic E-state index is 0.204. The maximum absolute atomic E-state index is 11.5. The van der Waals surface area contributed by atoms with E-state index in [1.165, 1.54) is 19.3 Å². The van der Waals surface area contributed by atoms with E-state index in [-0.39, 0.29) is 5.91 Å². The van der Waals surface area contributed by atoms with E-state index in [1.54, 1.807) is 0 Å². The average Bonchev–Trinajstić information content (AvgIpc) is 2.45. The summed E-state index contributed by atoms with van der Waals surface area (Å²) in [6.45, 7) is 2.76. The van der Waals surface area contributed by atoms with Gasteiger partial charge in [0.2, 0.25) is 0 Å². The molecule has 1 amide bonds. The Morgan fingerprint density at radius 1 is 1.17 bits per heavy atom. The van der Waals surface area contributed by atoms with Gasteiger partial charge in [0, 0.05) is 11.5 Å². The SMILES string of the molecule is O=C(C#Cc1ccccc1)NCN1CCCCC1. The van der Waals surface area contributed by atoms with Gasteiger partial charge in [-0.2, -0.15) is 0 Å². The summed E-state index contributed by atoms with van der Waals surface area (Å²) in [7, 11) is 0. The molecule has 0 aliphatic carbocycles. The molecule has 3 heteroatoms. The van der Waals surface area contributed by atoms with Crippen molar-refractivity contribution in [2.75, 3.05) is 19.8 Å². The summed E-state index contributed by atoms with van der Waals surface area (Å²) in [5.41, 5.74) is 0.866. The zero-order valence-electron chi connectivity index (χ0n) is 10.5. The Balaban J connectivity index is 1.77. The summed E-state index contributed by atoms with van der Waals surface area (Å²) >= 11 is 0. The Hall–Kier alpha value is -1.79. The van der Waals surface area contributed by atoms with E-state index in [2.05, 4.69) is 22.1 Å². The van der Waals surface area contributed by atoms with E-state index in [1.807, 2.05) is 30.3 Å². The molecule has 1 aliphatic rings. The Kier molecular flexibility index (Phi) is 4.80. The van der Waals surface area contributed by atoms with Crippen molar-refractivity contribution in [2.24, 2.45) is 0 Å². The molecule has 0 atom stereocenters. The fourth-order valence-electron chi connectivity index (χ4n) is 2.00. The number of amides is 1. The van der Waals surface area contributed by atoms with Gasteiger partial charge in [-0.3, -0.25) is 9.69 Å². The van der Waals surface area contributed by atoms with E-state index >= 15 is 0 Å². The first-order valence-corrected chi connectivity index (χ1v) is 6.42. The highest BCUT2D eigenvalue weighted by Crippen LogP contribution is 2.06. The molecule has 3 nitrogen and oxygen atoms in total. The summed E-state index contributed by atoms with van der Waals surface area (Å²) in [4.78, 5) is 13.8. The number of rotatable bonds is 2. The number of hydrogen-bond donors (Lipinski definition) is 1. The highest BCUT2D eigenvalue weighted by Gasteiger charge is 2.09. The van der Waals surface area contributed by atoms with Crippen LogP contribution < -0.4 is 5.32 Å². The van der Waals surface area contributed by atoms with Crippen LogP contribution in [-0.2, 0) is 4.79 Å². The predicted octanol–water partition coefficient (Wildman–Crippen LogP) is 1.60. The smallest absolute Gasteiger partial charge is 0.297 e. The average molecular weight is 242 g/mol. The molecule has 1 aliphatic heterocycles. The maximum Gasteiger partial charge on any atom is 0.297 e. The second kappa shape index (κ2) is 6.83. The Morgan fingerprint density at radius 3 is 2.61 bits per heavy atom. The molecule has 1 aromatic carbocycles. The summed E-state index contributed by atoms with van der Waals surface area (Å²) < 4.78 is 0. The van der Waals surface area contributed by atoms with Gasteiger partial charge in [0.15, 0.2) is 0 Å². The number of nitrogens with one attached hydrogen (secondary N) is 1. The number of benzene rings is 1. The first-order chi connectivity index (χ1) is 8.84. The lowest BCUT2D eigenvalue weighted by atomic mass is 10.1. The molecule has 2 rings (SSSR count). The van der Waals surface area contributed by atoms with Crippen molar-refractivity contribution in [3.05, 3.63) is 35.9 Å². The van der Waals surface area contributed by atoms with Crippen molar-refractivity contribution in [1.29, 1.82) is 0 Å². The molecule has 0 bridgehead atoms. The molecule has 1 heterocycles. The van der Waals surface area contributed by atoms with Gasteiger partial charge in [-0.1, -0.05) is 30.5 Å². The van der Waals surface area contributed by atoms with Gasteiger partial charge in [0.25, 0.3) is 5.91 Å². The number of piperidine rings is 1. The van der Waals surface area contributed by atoms with Crippen LogP contribution in [0.2, 0.25) is 0 Å². The van der Waals surface area contributed by atoms with Gasteiger partial charge in [-0.25, -0.2) is 0 Å². The van der Waals surface area contributed by atoms with E-state index in [0.29, 0.717) is 6.67 Å². The molecule has 1 saturated heterocycles. The molecule has 0 spiro atoms. The second-order valence-electron chi connectivity index (χ2n) is 4.46. The van der Waals surface area contributed by atoms with Crippen LogP contribution in [0.25, 0.3) is 0 Å². The molecular formula is C15H18N2O. The van der Waals surface area contributed by atoms with Gasteiger partial charge >= 0.3 is 0 Å². The van der Waals surface area contributed by atoms with Gasteiger partial charge in [0.1, 0.15) is 0 Å². The first-order valence-electron chi connectivity index (χ1n) is 6.42. The third kappa shape index (κ3) is 4.23. The van der Waals surface area contributed by atoms with Crippen molar-refractivity contribution in [3.63, 3.8) is 0 Å². The van der Waals surface area contributed by atoms with Crippen LogP contribution in [0.4, 0.5) is 0 Å². The Bertz CT molecular complexity index is 439. The van der Waals surface area contributed by atoms with Crippen LogP contribution >= 0.6 is 0 Å². The highest BCUT2D eigenvalue weighted by molar-refractivity contribution is 5.93. The highest BCUT2D eigenvalue weighted by atomic mass is 16.1. The zero-order chi connectivity index (χ0) is 12.6. The minimum Gasteiger partial charge on any atom is -0.332 e. The molecule has 0 radical (unpaired) electrons. The molecule has 0 unspecified atom stereocenters. The van der Waals surface area contributed by atoms with Crippen molar-refractivity contribution >= 4 is 5.91 Å². The molecule has 94 valence electrons. The topological polar surface area (TPSA) is 32.3 Å². The molecular weight excluding hydrogens is 224 g/mol. The minimum atomic E-state index is -0.204. The monoisotopic (exact) mass is 242 g/mol. The lowest BCUT2D eigenvalue weighted by molar-refractivity contribution is -0.116. The lowest BCUT2D eigenvalue weighted by Gasteiger charge is -2.25. The fraction of sp³-hybridized carbons (Fsp3) is 0.400. The van der Waals surface area contributed by atoms with Crippen LogP contribution in [0.15, 0.2) is 30.3 Å². The molecule has 18 heavy (non-hydrogen) atoms. The van der Waals surface area contributed by atoms with Gasteiger partial charge in [0.05, 0.1) is 6.67 Å². The van der Waals surface area contributed by atoms with Crippen LogP contribution in [0.5, 0.6) is 0 Å². The summed E-state index contributed by atoms with van der Waals surface area (Å²) in [5, 5.41) is 2.84. The largest absolute Gasteiger partial charge is 0.332 e.